The van der Waals surface area contributed by atoms with Gasteiger partial charge in [-0.15, -0.1) is 0 Å². The van der Waals surface area contributed by atoms with E-state index in [1.54, 1.807) is 32.9 Å². The van der Waals surface area contributed by atoms with Crippen molar-refractivity contribution in [2.75, 3.05) is 6.54 Å². The summed E-state index contributed by atoms with van der Waals surface area (Å²) in [4.78, 5) is 51.6. The summed E-state index contributed by atoms with van der Waals surface area (Å²) >= 11 is 0. The molecule has 35 heavy (non-hydrogen) atoms. The standard InChI is InChI=1S/C26H38N4O5/c1-8-10-15-28-23(32)22(19-12-11-17(3)18(4)16-19)30(9-2)24(33)20(13-14-21(27)31)29-25(34)35-26(5,6)7/h2,11-12,16,20,22H,8,10,13-15H2,1,3-7H3,(H2,27,31)(H,28,32)(H,29,34). The molecular weight excluding hydrogens is 448 g/mol. The number of benzene rings is 1. The van der Waals surface area contributed by atoms with E-state index in [-0.39, 0.29) is 12.8 Å². The quantitative estimate of drug-likeness (QED) is 0.251. The zero-order chi connectivity index (χ0) is 26.8. The summed E-state index contributed by atoms with van der Waals surface area (Å²) in [5, 5.41) is 5.31. The molecule has 2 unspecified atom stereocenters. The highest BCUT2D eigenvalue weighted by atomic mass is 16.6. The number of nitrogens with zero attached hydrogens (tertiary/aromatic N) is 1. The lowest BCUT2D eigenvalue weighted by atomic mass is 9.98. The Kier molecular flexibility index (Phi) is 11.3. The Hall–Kier alpha value is -3.54. The monoisotopic (exact) mass is 486 g/mol. The first-order chi connectivity index (χ1) is 16.3. The molecule has 1 aromatic carbocycles. The number of rotatable bonds is 11. The number of nitrogens with one attached hydrogen (secondary N) is 2. The lowest BCUT2D eigenvalue weighted by Gasteiger charge is -2.30. The molecule has 0 aliphatic rings. The van der Waals surface area contributed by atoms with Gasteiger partial charge >= 0.3 is 6.09 Å². The van der Waals surface area contributed by atoms with Crippen molar-refractivity contribution in [2.45, 2.75) is 84.9 Å². The first kappa shape index (κ1) is 29.5. The van der Waals surface area contributed by atoms with Crippen molar-refractivity contribution >= 4 is 23.8 Å². The Balaban J connectivity index is 3.38. The Morgan fingerprint density at radius 1 is 1.17 bits per heavy atom. The van der Waals surface area contributed by atoms with Crippen molar-refractivity contribution in [1.29, 1.82) is 0 Å². The number of unbranched alkanes of at least 4 members (excludes halogenated alkanes) is 1. The highest BCUT2D eigenvalue weighted by molar-refractivity contribution is 5.93. The number of amides is 4. The van der Waals surface area contributed by atoms with Gasteiger partial charge in [-0.25, -0.2) is 4.79 Å². The van der Waals surface area contributed by atoms with E-state index in [2.05, 4.69) is 16.7 Å². The van der Waals surface area contributed by atoms with Crippen LogP contribution in [-0.4, -0.2) is 46.9 Å². The molecule has 9 nitrogen and oxygen atoms in total. The summed E-state index contributed by atoms with van der Waals surface area (Å²) in [6.07, 6.45) is 6.23. The number of carbonyl (C=O) groups excluding carboxylic acids is 4. The molecule has 0 aromatic heterocycles. The van der Waals surface area contributed by atoms with E-state index < -0.39 is 41.5 Å². The summed E-state index contributed by atoms with van der Waals surface area (Å²) < 4.78 is 5.26. The van der Waals surface area contributed by atoms with Gasteiger partial charge in [0.05, 0.1) is 0 Å². The van der Waals surface area contributed by atoms with Gasteiger partial charge in [-0.1, -0.05) is 38.0 Å². The van der Waals surface area contributed by atoms with Gasteiger partial charge < -0.3 is 21.1 Å². The second-order valence-electron chi connectivity index (χ2n) is 9.43. The van der Waals surface area contributed by atoms with Crippen LogP contribution in [0.15, 0.2) is 18.2 Å². The molecule has 0 aliphatic heterocycles. The maximum absolute atomic E-state index is 13.6. The van der Waals surface area contributed by atoms with E-state index in [1.165, 1.54) is 0 Å². The number of aryl methyl sites for hydroxylation is 2. The summed E-state index contributed by atoms with van der Waals surface area (Å²) in [7, 11) is 0. The molecule has 4 amide bonds. The molecule has 0 aliphatic carbocycles. The molecule has 4 N–H and O–H groups in total. The van der Waals surface area contributed by atoms with Gasteiger partial charge in [0.15, 0.2) is 0 Å². The first-order valence-corrected chi connectivity index (χ1v) is 11.7. The molecular formula is C26H38N4O5. The maximum Gasteiger partial charge on any atom is 0.408 e. The van der Waals surface area contributed by atoms with Crippen molar-refractivity contribution in [3.8, 4) is 12.5 Å². The van der Waals surface area contributed by atoms with Crippen LogP contribution in [-0.2, 0) is 19.1 Å². The fourth-order valence-electron chi connectivity index (χ4n) is 3.26. The van der Waals surface area contributed by atoms with Crippen LogP contribution in [0.3, 0.4) is 0 Å². The normalized spacial score (nSPS) is 12.6. The van der Waals surface area contributed by atoms with Gasteiger partial charge in [-0.05, 0) is 64.2 Å². The van der Waals surface area contributed by atoms with Crippen molar-refractivity contribution in [3.63, 3.8) is 0 Å². The molecule has 2 atom stereocenters. The van der Waals surface area contributed by atoms with Gasteiger partial charge in [-0.2, -0.15) is 0 Å². The number of carbonyl (C=O) groups is 4. The number of terminal acetylenes is 1. The Labute approximate surface area is 208 Å². The van der Waals surface area contributed by atoms with Crippen LogP contribution in [0.1, 0.15) is 76.1 Å². The molecule has 0 fully saturated rings. The highest BCUT2D eigenvalue weighted by Crippen LogP contribution is 2.25. The molecule has 192 valence electrons. The third kappa shape index (κ3) is 9.69. The fourth-order valence-corrected chi connectivity index (χ4v) is 3.26. The van der Waals surface area contributed by atoms with E-state index >= 15 is 0 Å². The summed E-state index contributed by atoms with van der Waals surface area (Å²) in [6.45, 7) is 11.3. The second kappa shape index (κ2) is 13.4. The molecule has 0 spiro atoms. The van der Waals surface area contributed by atoms with Crippen LogP contribution < -0.4 is 16.4 Å². The minimum atomic E-state index is -1.23. The first-order valence-electron chi connectivity index (χ1n) is 11.7. The van der Waals surface area contributed by atoms with Crippen LogP contribution in [0.2, 0.25) is 0 Å². The number of hydrogen-bond donors (Lipinski definition) is 3. The highest BCUT2D eigenvalue weighted by Gasteiger charge is 2.36. The SMILES string of the molecule is C#CN(C(=O)C(CCC(N)=O)NC(=O)OC(C)(C)C)C(C(=O)NCCCC)c1ccc(C)c(C)c1. The summed E-state index contributed by atoms with van der Waals surface area (Å²) in [5.41, 5.74) is 6.93. The van der Waals surface area contributed by atoms with E-state index in [0.29, 0.717) is 12.1 Å². The lowest BCUT2D eigenvalue weighted by molar-refractivity contribution is -0.138. The van der Waals surface area contributed by atoms with Crippen LogP contribution >= 0.6 is 0 Å². The summed E-state index contributed by atoms with van der Waals surface area (Å²) in [5.74, 6) is -1.82. The zero-order valence-electron chi connectivity index (χ0n) is 21.6. The predicted molar refractivity (Wildman–Crippen MR) is 134 cm³/mol. The van der Waals surface area contributed by atoms with Crippen molar-refractivity contribution in [1.82, 2.24) is 15.5 Å². The molecule has 1 aromatic rings. The minimum absolute atomic E-state index is 0.108. The average molecular weight is 487 g/mol. The summed E-state index contributed by atoms with van der Waals surface area (Å²) in [6, 6.07) is 5.33. The molecule has 0 bridgehead atoms. The second-order valence-corrected chi connectivity index (χ2v) is 9.43. The Bertz CT molecular complexity index is 961. The van der Waals surface area contributed by atoms with Gasteiger partial charge in [0.1, 0.15) is 17.7 Å². The molecule has 0 saturated carbocycles. The number of nitrogens with two attached hydrogens (primary N) is 1. The van der Waals surface area contributed by atoms with Crippen LogP contribution in [0, 0.1) is 26.3 Å². The van der Waals surface area contributed by atoms with Crippen LogP contribution in [0.25, 0.3) is 0 Å². The van der Waals surface area contributed by atoms with Crippen molar-refractivity contribution in [2.24, 2.45) is 5.73 Å². The molecule has 0 radical (unpaired) electrons. The Morgan fingerprint density at radius 2 is 1.83 bits per heavy atom. The Morgan fingerprint density at radius 3 is 2.34 bits per heavy atom. The molecule has 0 saturated heterocycles. The zero-order valence-corrected chi connectivity index (χ0v) is 21.6. The van der Waals surface area contributed by atoms with Crippen molar-refractivity contribution in [3.05, 3.63) is 34.9 Å². The smallest absolute Gasteiger partial charge is 0.408 e. The third-order valence-electron chi connectivity index (χ3n) is 5.23. The van der Waals surface area contributed by atoms with Gasteiger partial charge in [0.25, 0.3) is 5.91 Å². The number of hydrogen-bond acceptors (Lipinski definition) is 5. The largest absolute Gasteiger partial charge is 0.444 e. The number of primary amides is 1. The van der Waals surface area contributed by atoms with Crippen LogP contribution in [0.5, 0.6) is 0 Å². The fraction of sp³-hybridized carbons (Fsp3) is 0.538. The van der Waals surface area contributed by atoms with Gasteiger partial charge in [0.2, 0.25) is 11.8 Å². The van der Waals surface area contributed by atoms with Gasteiger partial charge in [0, 0.05) is 19.0 Å². The van der Waals surface area contributed by atoms with Gasteiger partial charge in [-0.3, -0.25) is 19.3 Å². The predicted octanol–water partition coefficient (Wildman–Crippen LogP) is 2.84. The third-order valence-corrected chi connectivity index (χ3v) is 5.23. The van der Waals surface area contributed by atoms with Crippen molar-refractivity contribution < 1.29 is 23.9 Å². The minimum Gasteiger partial charge on any atom is -0.444 e. The van der Waals surface area contributed by atoms with E-state index in [0.717, 1.165) is 28.9 Å². The van der Waals surface area contributed by atoms with Crippen LogP contribution in [0.4, 0.5) is 4.79 Å². The van der Waals surface area contributed by atoms with E-state index in [1.807, 2.05) is 26.8 Å². The lowest BCUT2D eigenvalue weighted by Crippen LogP contribution is -2.51. The molecule has 1 rings (SSSR count). The number of alkyl carbamates (subject to hydrolysis) is 1. The van der Waals surface area contributed by atoms with E-state index in [9.17, 15) is 19.2 Å². The number of ether oxygens (including phenoxy) is 1. The maximum atomic E-state index is 13.6. The molecule has 0 heterocycles. The topological polar surface area (TPSA) is 131 Å². The molecule has 9 heteroatoms. The van der Waals surface area contributed by atoms with E-state index in [4.69, 9.17) is 16.9 Å². The average Bonchev–Trinajstić information content (AvgIpc) is 2.75.